The lowest BCUT2D eigenvalue weighted by Crippen LogP contribution is -2.00. The van der Waals surface area contributed by atoms with Crippen LogP contribution in [0.5, 0.6) is 11.5 Å². The maximum atomic E-state index is 6.08. The van der Waals surface area contributed by atoms with Gasteiger partial charge in [0.15, 0.2) is 11.5 Å². The van der Waals surface area contributed by atoms with Crippen molar-refractivity contribution in [3.05, 3.63) is 76.3 Å². The van der Waals surface area contributed by atoms with Gasteiger partial charge in [-0.2, -0.15) is 0 Å². The van der Waals surface area contributed by atoms with E-state index in [9.17, 15) is 0 Å². The number of methoxy groups -OCH3 is 1. The molecule has 0 bridgehead atoms. The fourth-order valence-electron chi connectivity index (χ4n) is 3.45. The molecule has 0 amide bonds. The Morgan fingerprint density at radius 3 is 2.41 bits per heavy atom. The number of aryl methyl sites for hydroxylation is 4. The average molecular weight is 386 g/mol. The predicted octanol–water partition coefficient (Wildman–Crippen LogP) is 6.05. The maximum Gasteiger partial charge on any atom is 0.161 e. The van der Waals surface area contributed by atoms with Crippen molar-refractivity contribution in [2.24, 2.45) is 0 Å². The number of aromatic amines is 1. The fourth-order valence-corrected chi connectivity index (χ4v) is 3.45. The smallest absolute Gasteiger partial charge is 0.161 e. The van der Waals surface area contributed by atoms with E-state index < -0.39 is 0 Å². The van der Waals surface area contributed by atoms with Crippen LogP contribution in [0.15, 0.2) is 48.5 Å². The maximum absolute atomic E-state index is 6.08. The first-order chi connectivity index (χ1) is 13.9. The quantitative estimate of drug-likeness (QED) is 0.454. The molecule has 0 aliphatic heterocycles. The van der Waals surface area contributed by atoms with Gasteiger partial charge in [-0.25, -0.2) is 4.98 Å². The summed E-state index contributed by atoms with van der Waals surface area (Å²) in [5, 5.41) is 0. The second kappa shape index (κ2) is 7.63. The summed E-state index contributed by atoms with van der Waals surface area (Å²) in [6.07, 6.45) is 0. The van der Waals surface area contributed by atoms with Crippen LogP contribution >= 0.6 is 0 Å². The molecular formula is C25H26N2O2. The second-order valence-corrected chi connectivity index (χ2v) is 7.62. The number of hydrogen-bond acceptors (Lipinski definition) is 3. The Kier molecular flexibility index (Phi) is 5.01. The minimum atomic E-state index is 0.506. The zero-order valence-electron chi connectivity index (χ0n) is 17.6. The summed E-state index contributed by atoms with van der Waals surface area (Å²) in [4.78, 5) is 8.17. The topological polar surface area (TPSA) is 47.1 Å². The van der Waals surface area contributed by atoms with E-state index in [2.05, 4.69) is 63.0 Å². The number of benzene rings is 3. The highest BCUT2D eigenvalue weighted by atomic mass is 16.5. The third-order valence-electron chi connectivity index (χ3n) is 5.42. The molecule has 0 fully saturated rings. The van der Waals surface area contributed by atoms with Crippen LogP contribution in [-0.4, -0.2) is 17.1 Å². The molecule has 1 N–H and O–H groups in total. The molecule has 4 rings (SSSR count). The Morgan fingerprint density at radius 2 is 1.62 bits per heavy atom. The highest BCUT2D eigenvalue weighted by molar-refractivity contribution is 5.81. The summed E-state index contributed by atoms with van der Waals surface area (Å²) in [6.45, 7) is 8.92. The van der Waals surface area contributed by atoms with E-state index in [0.717, 1.165) is 28.2 Å². The van der Waals surface area contributed by atoms with Gasteiger partial charge >= 0.3 is 0 Å². The molecule has 0 saturated carbocycles. The van der Waals surface area contributed by atoms with Crippen LogP contribution in [0.2, 0.25) is 0 Å². The predicted molar refractivity (Wildman–Crippen MR) is 118 cm³/mol. The Labute approximate surface area is 171 Å². The van der Waals surface area contributed by atoms with Crippen LogP contribution in [-0.2, 0) is 6.61 Å². The number of ether oxygens (including phenoxy) is 2. The highest BCUT2D eigenvalue weighted by Gasteiger charge is 2.12. The monoisotopic (exact) mass is 386 g/mol. The van der Waals surface area contributed by atoms with Gasteiger partial charge in [0.2, 0.25) is 0 Å². The Hall–Kier alpha value is -3.27. The van der Waals surface area contributed by atoms with E-state index in [1.807, 2.05) is 18.2 Å². The lowest BCUT2D eigenvalue weighted by atomic mass is 10.1. The van der Waals surface area contributed by atoms with E-state index in [-0.39, 0.29) is 0 Å². The normalized spacial score (nSPS) is 11.1. The first-order valence-corrected chi connectivity index (χ1v) is 9.79. The van der Waals surface area contributed by atoms with Gasteiger partial charge in [0.1, 0.15) is 12.4 Å². The van der Waals surface area contributed by atoms with Gasteiger partial charge < -0.3 is 14.5 Å². The Morgan fingerprint density at radius 1 is 0.828 bits per heavy atom. The van der Waals surface area contributed by atoms with Gasteiger partial charge in [0.05, 0.1) is 18.1 Å². The molecule has 4 heteroatoms. The van der Waals surface area contributed by atoms with E-state index in [1.165, 1.54) is 27.8 Å². The third-order valence-corrected chi connectivity index (χ3v) is 5.42. The molecule has 0 aliphatic rings. The van der Waals surface area contributed by atoms with Crippen LogP contribution in [0.4, 0.5) is 0 Å². The minimum Gasteiger partial charge on any atom is -0.493 e. The van der Waals surface area contributed by atoms with Crippen molar-refractivity contribution in [3.63, 3.8) is 0 Å². The van der Waals surface area contributed by atoms with E-state index >= 15 is 0 Å². The molecule has 0 aliphatic carbocycles. The molecule has 1 heterocycles. The molecule has 0 saturated heterocycles. The number of nitrogens with one attached hydrogen (secondary N) is 1. The first kappa shape index (κ1) is 19.1. The molecule has 4 nitrogen and oxygen atoms in total. The minimum absolute atomic E-state index is 0.506. The Balaban J connectivity index is 1.62. The second-order valence-electron chi connectivity index (χ2n) is 7.62. The van der Waals surface area contributed by atoms with Crippen LogP contribution in [0.3, 0.4) is 0 Å². The fraction of sp³-hybridized carbons (Fsp3) is 0.240. The largest absolute Gasteiger partial charge is 0.493 e. The summed E-state index contributed by atoms with van der Waals surface area (Å²) >= 11 is 0. The van der Waals surface area contributed by atoms with E-state index in [4.69, 9.17) is 14.5 Å². The molecule has 148 valence electrons. The van der Waals surface area contributed by atoms with Crippen molar-refractivity contribution >= 4 is 11.0 Å². The van der Waals surface area contributed by atoms with Gasteiger partial charge in [-0.1, -0.05) is 23.8 Å². The first-order valence-electron chi connectivity index (χ1n) is 9.79. The van der Waals surface area contributed by atoms with E-state index in [0.29, 0.717) is 12.4 Å². The summed E-state index contributed by atoms with van der Waals surface area (Å²) in [5.74, 6) is 2.24. The number of aromatic nitrogens is 2. The van der Waals surface area contributed by atoms with Gasteiger partial charge in [-0.3, -0.25) is 0 Å². The highest BCUT2D eigenvalue weighted by Crippen LogP contribution is 2.33. The summed E-state index contributed by atoms with van der Waals surface area (Å²) in [5.41, 5.74) is 9.09. The molecule has 0 unspecified atom stereocenters. The Bertz CT molecular complexity index is 1150. The van der Waals surface area contributed by atoms with Gasteiger partial charge in [0.25, 0.3) is 0 Å². The molecule has 1 aromatic heterocycles. The number of rotatable bonds is 5. The van der Waals surface area contributed by atoms with Crippen LogP contribution in [0.25, 0.3) is 22.4 Å². The average Bonchev–Trinajstić information content (AvgIpc) is 3.11. The number of H-pyrrole nitrogens is 1. The SMILES string of the molecule is COc1cc(-c2nc3cc(C)c(C)cc3[nH]2)ccc1OCc1cc(C)ccc1C. The van der Waals surface area contributed by atoms with Crippen LogP contribution in [0, 0.1) is 27.7 Å². The van der Waals surface area contributed by atoms with Crippen molar-refractivity contribution < 1.29 is 9.47 Å². The standard InChI is InChI=1S/C25H26N2O2/c1-15-6-7-16(2)20(10-15)14-29-23-9-8-19(13-24(23)28-5)25-26-21-11-17(3)18(4)12-22(21)27-25/h6-13H,14H2,1-5H3,(H,26,27). The van der Waals surface area contributed by atoms with Crippen molar-refractivity contribution in [1.82, 2.24) is 9.97 Å². The third kappa shape index (κ3) is 3.83. The van der Waals surface area contributed by atoms with Crippen LogP contribution in [0.1, 0.15) is 27.8 Å². The summed E-state index contributed by atoms with van der Waals surface area (Å²) in [6, 6.07) is 16.6. The molecular weight excluding hydrogens is 360 g/mol. The molecule has 0 spiro atoms. The van der Waals surface area contributed by atoms with E-state index in [1.54, 1.807) is 7.11 Å². The van der Waals surface area contributed by atoms with Gasteiger partial charge in [-0.15, -0.1) is 0 Å². The molecule has 4 aromatic rings. The summed E-state index contributed by atoms with van der Waals surface area (Å²) < 4.78 is 11.7. The molecule has 3 aromatic carbocycles. The molecule has 0 atom stereocenters. The summed E-state index contributed by atoms with van der Waals surface area (Å²) in [7, 11) is 1.66. The van der Waals surface area contributed by atoms with Crippen molar-refractivity contribution in [2.75, 3.05) is 7.11 Å². The number of nitrogens with zero attached hydrogens (tertiary/aromatic N) is 1. The number of imidazole rings is 1. The van der Waals surface area contributed by atoms with Crippen LogP contribution < -0.4 is 9.47 Å². The zero-order valence-corrected chi connectivity index (χ0v) is 17.6. The number of fused-ring (bicyclic) bond motifs is 1. The van der Waals surface area contributed by atoms with Gasteiger partial charge in [0, 0.05) is 5.56 Å². The lowest BCUT2D eigenvalue weighted by molar-refractivity contribution is 0.284. The van der Waals surface area contributed by atoms with Gasteiger partial charge in [-0.05, 0) is 80.3 Å². The molecule has 0 radical (unpaired) electrons. The lowest BCUT2D eigenvalue weighted by Gasteiger charge is -2.13. The van der Waals surface area contributed by atoms with Crippen molar-refractivity contribution in [2.45, 2.75) is 34.3 Å². The number of hydrogen-bond donors (Lipinski definition) is 1. The molecule has 29 heavy (non-hydrogen) atoms. The van der Waals surface area contributed by atoms with Crippen molar-refractivity contribution in [3.8, 4) is 22.9 Å². The van der Waals surface area contributed by atoms with Crippen molar-refractivity contribution in [1.29, 1.82) is 0 Å². The zero-order chi connectivity index (χ0) is 20.5.